The van der Waals surface area contributed by atoms with Crippen LogP contribution >= 0.6 is 34.6 Å². The van der Waals surface area contributed by atoms with Gasteiger partial charge in [-0.1, -0.05) is 0 Å². The summed E-state index contributed by atoms with van der Waals surface area (Å²) in [6.07, 6.45) is 3.20. The van der Waals surface area contributed by atoms with Crippen molar-refractivity contribution >= 4 is 45.5 Å². The van der Waals surface area contributed by atoms with Crippen molar-refractivity contribution in [1.29, 1.82) is 0 Å². The number of aromatic nitrogens is 1. The van der Waals surface area contributed by atoms with Gasteiger partial charge in [0.15, 0.2) is 5.82 Å². The van der Waals surface area contributed by atoms with Crippen LogP contribution in [0.5, 0.6) is 0 Å². The zero-order valence-electron chi connectivity index (χ0n) is 9.47. The van der Waals surface area contributed by atoms with Gasteiger partial charge in [-0.05, 0) is 41.2 Å². The van der Waals surface area contributed by atoms with E-state index >= 15 is 0 Å². The lowest BCUT2D eigenvalue weighted by atomic mass is 10.1. The highest BCUT2D eigenvalue weighted by Gasteiger charge is 2.22. The molecular weight excluding hydrogens is 270 g/mol. The third-order valence-corrected chi connectivity index (χ3v) is 5.84. The van der Waals surface area contributed by atoms with E-state index in [1.807, 2.05) is 11.3 Å². The molecule has 1 aliphatic heterocycles. The molecule has 0 atom stereocenters. The fourth-order valence-electron chi connectivity index (χ4n) is 2.10. The van der Waals surface area contributed by atoms with E-state index in [2.05, 4.69) is 27.0 Å². The van der Waals surface area contributed by atoms with Gasteiger partial charge >= 0.3 is 0 Å². The lowest BCUT2D eigenvalue weighted by molar-refractivity contribution is 0.745. The SMILES string of the molecule is CSc1c(N)nsc1N1CCc2sccc2C1. The number of hydrogen-bond acceptors (Lipinski definition) is 6. The first kappa shape index (κ1) is 11.4. The van der Waals surface area contributed by atoms with Crippen molar-refractivity contribution in [2.45, 2.75) is 17.9 Å². The molecule has 90 valence electrons. The highest BCUT2D eigenvalue weighted by molar-refractivity contribution is 7.99. The van der Waals surface area contributed by atoms with Crippen LogP contribution in [0.4, 0.5) is 10.8 Å². The van der Waals surface area contributed by atoms with E-state index < -0.39 is 0 Å². The van der Waals surface area contributed by atoms with Crippen LogP contribution in [0.15, 0.2) is 16.3 Å². The second-order valence-electron chi connectivity index (χ2n) is 3.95. The Balaban J connectivity index is 1.91. The zero-order chi connectivity index (χ0) is 11.8. The molecule has 0 fully saturated rings. The summed E-state index contributed by atoms with van der Waals surface area (Å²) in [7, 11) is 0. The lowest BCUT2D eigenvalue weighted by Crippen LogP contribution is -2.29. The third kappa shape index (κ3) is 1.94. The van der Waals surface area contributed by atoms with Gasteiger partial charge in [-0.2, -0.15) is 4.37 Å². The van der Waals surface area contributed by atoms with Crippen molar-refractivity contribution in [3.63, 3.8) is 0 Å². The number of thioether (sulfide) groups is 1. The van der Waals surface area contributed by atoms with Gasteiger partial charge in [0, 0.05) is 18.0 Å². The van der Waals surface area contributed by atoms with E-state index in [9.17, 15) is 0 Å². The molecule has 2 aromatic heterocycles. The summed E-state index contributed by atoms with van der Waals surface area (Å²) >= 11 is 5.08. The van der Waals surface area contributed by atoms with Gasteiger partial charge in [0.1, 0.15) is 5.00 Å². The van der Waals surface area contributed by atoms with Crippen LogP contribution in [-0.2, 0) is 13.0 Å². The van der Waals surface area contributed by atoms with Gasteiger partial charge < -0.3 is 10.6 Å². The fraction of sp³-hybridized carbons (Fsp3) is 0.364. The topological polar surface area (TPSA) is 42.1 Å². The van der Waals surface area contributed by atoms with E-state index in [4.69, 9.17) is 5.73 Å². The minimum absolute atomic E-state index is 0.675. The molecule has 0 unspecified atom stereocenters. The number of fused-ring (bicyclic) bond motifs is 1. The van der Waals surface area contributed by atoms with Crippen LogP contribution in [0.2, 0.25) is 0 Å². The Hall–Kier alpha value is -0.720. The maximum absolute atomic E-state index is 5.89. The highest BCUT2D eigenvalue weighted by Crippen LogP contribution is 2.39. The highest BCUT2D eigenvalue weighted by atomic mass is 32.2. The fourth-order valence-corrected chi connectivity index (χ4v) is 4.70. The standard InChI is InChI=1S/C11H13N3S3/c1-15-9-10(12)13-17-11(9)14-4-2-8-7(6-14)3-5-16-8/h3,5H,2,4,6H2,1H3,(H2,12,13). The second-order valence-corrected chi connectivity index (χ2v) is 6.52. The van der Waals surface area contributed by atoms with Crippen molar-refractivity contribution in [2.75, 3.05) is 23.4 Å². The van der Waals surface area contributed by atoms with Gasteiger partial charge in [0.25, 0.3) is 0 Å². The first-order chi connectivity index (χ1) is 8.29. The minimum atomic E-state index is 0.675. The minimum Gasteiger partial charge on any atom is -0.382 e. The predicted molar refractivity (Wildman–Crippen MR) is 77.4 cm³/mol. The summed E-state index contributed by atoms with van der Waals surface area (Å²) in [5.74, 6) is 0.675. The molecule has 1 aliphatic rings. The molecule has 0 spiro atoms. The van der Waals surface area contributed by atoms with Crippen LogP contribution in [0, 0.1) is 0 Å². The van der Waals surface area contributed by atoms with Crippen LogP contribution in [0.1, 0.15) is 10.4 Å². The normalized spacial score (nSPS) is 15.0. The van der Waals surface area contributed by atoms with Gasteiger partial charge in [0.2, 0.25) is 0 Å². The molecule has 3 rings (SSSR count). The Morgan fingerprint density at radius 1 is 1.53 bits per heavy atom. The molecule has 3 heterocycles. The Morgan fingerprint density at radius 2 is 2.41 bits per heavy atom. The van der Waals surface area contributed by atoms with E-state index in [0.29, 0.717) is 5.82 Å². The molecule has 0 aromatic carbocycles. The molecule has 0 bridgehead atoms. The van der Waals surface area contributed by atoms with E-state index in [1.165, 1.54) is 27.0 Å². The Bertz CT molecular complexity index is 532. The van der Waals surface area contributed by atoms with Crippen molar-refractivity contribution in [1.82, 2.24) is 4.37 Å². The summed E-state index contributed by atoms with van der Waals surface area (Å²) in [5, 5.41) is 3.41. The molecule has 17 heavy (non-hydrogen) atoms. The van der Waals surface area contributed by atoms with Crippen molar-refractivity contribution in [2.24, 2.45) is 0 Å². The average molecular weight is 283 g/mol. The van der Waals surface area contributed by atoms with Crippen LogP contribution in [-0.4, -0.2) is 17.2 Å². The van der Waals surface area contributed by atoms with Gasteiger partial charge in [-0.3, -0.25) is 0 Å². The monoisotopic (exact) mass is 283 g/mol. The summed E-state index contributed by atoms with van der Waals surface area (Å²) < 4.78 is 4.27. The maximum atomic E-state index is 5.89. The number of nitrogens with two attached hydrogens (primary N) is 1. The van der Waals surface area contributed by atoms with E-state index in [1.54, 1.807) is 11.8 Å². The van der Waals surface area contributed by atoms with Gasteiger partial charge in [0.05, 0.1) is 4.90 Å². The first-order valence-corrected chi connectivity index (χ1v) is 8.26. The van der Waals surface area contributed by atoms with E-state index in [-0.39, 0.29) is 0 Å². The average Bonchev–Trinajstić information content (AvgIpc) is 2.93. The number of hydrogen-bond donors (Lipinski definition) is 1. The number of anilines is 2. The van der Waals surface area contributed by atoms with E-state index in [0.717, 1.165) is 24.4 Å². The van der Waals surface area contributed by atoms with Crippen molar-refractivity contribution in [3.8, 4) is 0 Å². The number of thiophene rings is 1. The Morgan fingerprint density at radius 3 is 3.24 bits per heavy atom. The lowest BCUT2D eigenvalue weighted by Gasteiger charge is -2.27. The zero-order valence-corrected chi connectivity index (χ0v) is 11.9. The molecule has 3 nitrogen and oxygen atoms in total. The summed E-state index contributed by atoms with van der Waals surface area (Å²) in [6, 6.07) is 2.23. The second kappa shape index (κ2) is 4.51. The largest absolute Gasteiger partial charge is 0.382 e. The van der Waals surface area contributed by atoms with Crippen LogP contribution in [0.3, 0.4) is 0 Å². The number of nitrogen functional groups attached to an aromatic ring is 1. The molecule has 0 radical (unpaired) electrons. The quantitative estimate of drug-likeness (QED) is 0.860. The van der Waals surface area contributed by atoms with Gasteiger partial charge in [-0.25, -0.2) is 0 Å². The van der Waals surface area contributed by atoms with Crippen molar-refractivity contribution < 1.29 is 0 Å². The molecule has 0 aliphatic carbocycles. The van der Waals surface area contributed by atoms with Crippen LogP contribution in [0.25, 0.3) is 0 Å². The molecule has 0 saturated heterocycles. The third-order valence-electron chi connectivity index (χ3n) is 2.96. The molecule has 0 saturated carbocycles. The summed E-state index contributed by atoms with van der Waals surface area (Å²) in [4.78, 5) is 5.06. The smallest absolute Gasteiger partial charge is 0.153 e. The first-order valence-electron chi connectivity index (χ1n) is 5.39. The number of rotatable bonds is 2. The maximum Gasteiger partial charge on any atom is 0.153 e. The molecule has 2 N–H and O–H groups in total. The Labute approximate surface area is 113 Å². The molecular formula is C11H13N3S3. The van der Waals surface area contributed by atoms with Crippen LogP contribution < -0.4 is 10.6 Å². The summed E-state index contributed by atoms with van der Waals surface area (Å²) in [5.41, 5.74) is 7.35. The molecule has 0 amide bonds. The van der Waals surface area contributed by atoms with Gasteiger partial charge in [-0.15, -0.1) is 23.1 Å². The molecule has 2 aromatic rings. The Kier molecular flexibility index (Phi) is 3.02. The summed E-state index contributed by atoms with van der Waals surface area (Å²) in [6.45, 7) is 2.07. The predicted octanol–water partition coefficient (Wildman–Crippen LogP) is 3.07. The number of nitrogens with zero attached hydrogens (tertiary/aromatic N) is 2. The van der Waals surface area contributed by atoms with Crippen molar-refractivity contribution in [3.05, 3.63) is 21.9 Å². The molecule has 6 heteroatoms.